The van der Waals surface area contributed by atoms with Crippen molar-refractivity contribution in [2.75, 3.05) is 20.2 Å². The third-order valence-electron chi connectivity index (χ3n) is 17.7. The second-order valence-corrected chi connectivity index (χ2v) is 25.4. The number of amides is 6. The first-order chi connectivity index (χ1) is 35.2. The summed E-state index contributed by atoms with van der Waals surface area (Å²) in [7, 11) is 1.34. The maximum Gasteiger partial charge on any atom is 0.328 e. The Morgan fingerprint density at radius 1 is 0.587 bits per heavy atom. The van der Waals surface area contributed by atoms with Gasteiger partial charge in [0.1, 0.15) is 47.6 Å². The van der Waals surface area contributed by atoms with E-state index in [0.717, 1.165) is 64.2 Å². The summed E-state index contributed by atoms with van der Waals surface area (Å²) in [5.41, 5.74) is -0.967. The number of nitrogens with zero attached hydrogens (tertiary/aromatic N) is 4. The number of carbonyl (C=O) groups is 8. The van der Waals surface area contributed by atoms with Gasteiger partial charge in [0, 0.05) is 37.3 Å². The number of hydrogen-bond acceptors (Lipinski definition) is 11. The van der Waals surface area contributed by atoms with Crippen LogP contribution < -0.4 is 21.3 Å². The Kier molecular flexibility index (Phi) is 16.9. The molecule has 4 saturated carbocycles. The average molecular weight is 1040 g/mol. The molecule has 6 fully saturated rings. The Morgan fingerprint density at radius 3 is 1.29 bits per heavy atom. The zero-order valence-corrected chi connectivity index (χ0v) is 45.9. The molecule has 2 aliphatic heterocycles. The van der Waals surface area contributed by atoms with Gasteiger partial charge in [-0.1, -0.05) is 120 Å². The van der Waals surface area contributed by atoms with Crippen LogP contribution >= 0.6 is 0 Å². The minimum atomic E-state index is -1.01. The summed E-state index contributed by atoms with van der Waals surface area (Å²) in [4.78, 5) is 118. The van der Waals surface area contributed by atoms with Gasteiger partial charge in [-0.2, -0.15) is 0 Å². The lowest BCUT2D eigenvalue weighted by molar-refractivity contribution is -0.155. The summed E-state index contributed by atoms with van der Waals surface area (Å²) < 4.78 is 5.08. The predicted molar refractivity (Wildman–Crippen MR) is 279 cm³/mol. The summed E-state index contributed by atoms with van der Waals surface area (Å²) >= 11 is 0. The molecule has 2 aromatic rings. The topological polar surface area (TPSA) is 246 Å². The van der Waals surface area contributed by atoms with Crippen molar-refractivity contribution < 1.29 is 48.2 Å². The largest absolute Gasteiger partial charge is 0.480 e. The number of likely N-dealkylation sites (tertiary alicyclic amines) is 2. The van der Waals surface area contributed by atoms with E-state index in [2.05, 4.69) is 45.1 Å². The van der Waals surface area contributed by atoms with E-state index in [1.54, 1.807) is 47.5 Å². The molecule has 0 aromatic carbocycles. The van der Waals surface area contributed by atoms with E-state index in [9.17, 15) is 43.5 Å². The quantitative estimate of drug-likeness (QED) is 0.141. The van der Waals surface area contributed by atoms with Gasteiger partial charge >= 0.3 is 11.9 Å². The van der Waals surface area contributed by atoms with Crippen molar-refractivity contribution in [3.05, 3.63) is 60.2 Å². The van der Waals surface area contributed by atoms with Gasteiger partial charge in [0.2, 0.25) is 23.6 Å². The molecule has 6 aliphatic rings. The highest BCUT2D eigenvalue weighted by atomic mass is 16.5. The van der Waals surface area contributed by atoms with Crippen LogP contribution in [-0.4, -0.2) is 129 Å². The van der Waals surface area contributed by atoms with Crippen molar-refractivity contribution in [3.8, 4) is 0 Å². The van der Waals surface area contributed by atoms with Gasteiger partial charge in [-0.25, -0.2) is 9.59 Å². The molecule has 4 heterocycles. The number of esters is 1. The number of rotatable bonds is 14. The first kappa shape index (κ1) is 56.8. The van der Waals surface area contributed by atoms with E-state index >= 15 is 0 Å². The minimum absolute atomic E-state index is 0.0298. The summed E-state index contributed by atoms with van der Waals surface area (Å²) in [5.74, 6) is -3.50. The van der Waals surface area contributed by atoms with Gasteiger partial charge in [-0.3, -0.25) is 38.7 Å². The molecule has 4 aliphatic carbocycles. The molecule has 5 N–H and O–H groups in total. The Bertz CT molecular complexity index is 2440. The SMILES string of the molecule is CC(C)(C)[C@H](NC(=O)[C@@H](NC(=O)c1ccccn1)C1CCCCC1)C(=O)N1C[C@H]2[C@@H]([C@H]1C(=O)O)C2(C)C.COC(=O)[C@@H]1[C@@H]2[C@H](CN1C(=O)[C@@H](NC(=O)[C@@H](NC(=O)c1ccccn1)C1CCCCC1)C(C)(C)C)C2(C)C. The van der Waals surface area contributed by atoms with E-state index in [0.29, 0.717) is 13.1 Å². The van der Waals surface area contributed by atoms with E-state index < -0.39 is 76.7 Å². The molecular weight excluding hydrogens is 957 g/mol. The highest BCUT2D eigenvalue weighted by Gasteiger charge is 2.71. The van der Waals surface area contributed by atoms with Gasteiger partial charge in [-0.15, -0.1) is 0 Å². The number of ether oxygens (including phenoxy) is 1. The Balaban J connectivity index is 0.000000219. The van der Waals surface area contributed by atoms with Crippen molar-refractivity contribution in [1.82, 2.24) is 41.0 Å². The van der Waals surface area contributed by atoms with Crippen molar-refractivity contribution in [2.24, 2.45) is 57.2 Å². The van der Waals surface area contributed by atoms with Crippen LogP contribution in [-0.2, 0) is 33.5 Å². The lowest BCUT2D eigenvalue weighted by Crippen LogP contribution is -2.61. The second-order valence-electron chi connectivity index (χ2n) is 25.4. The number of carbonyl (C=O) groups excluding carboxylic acids is 7. The molecule has 18 heteroatoms. The number of carboxylic acid groups (broad SMARTS) is 1. The second kappa shape index (κ2) is 22.3. The van der Waals surface area contributed by atoms with Crippen LogP contribution in [0.2, 0.25) is 0 Å². The first-order valence-corrected chi connectivity index (χ1v) is 27.2. The number of pyridine rings is 2. The number of aromatic nitrogens is 2. The van der Waals surface area contributed by atoms with E-state index in [4.69, 9.17) is 4.74 Å². The van der Waals surface area contributed by atoms with Crippen LogP contribution in [0.1, 0.15) is 154 Å². The summed E-state index contributed by atoms with van der Waals surface area (Å²) in [6, 6.07) is 5.14. The third-order valence-corrected chi connectivity index (χ3v) is 17.7. The van der Waals surface area contributed by atoms with Crippen LogP contribution in [0.15, 0.2) is 48.8 Å². The molecule has 2 saturated heterocycles. The Labute approximate surface area is 442 Å². The maximum atomic E-state index is 14.0. The van der Waals surface area contributed by atoms with Crippen LogP contribution in [0.3, 0.4) is 0 Å². The monoisotopic (exact) mass is 1040 g/mol. The van der Waals surface area contributed by atoms with E-state index in [-0.39, 0.29) is 75.4 Å². The molecule has 10 atom stereocenters. The first-order valence-electron chi connectivity index (χ1n) is 27.2. The number of piperidine rings is 2. The number of hydrogen-bond donors (Lipinski definition) is 5. The third kappa shape index (κ3) is 12.2. The molecule has 0 unspecified atom stereocenters. The fourth-order valence-electron chi connectivity index (χ4n) is 12.9. The predicted octanol–water partition coefficient (Wildman–Crippen LogP) is 5.81. The molecule has 0 spiro atoms. The van der Waals surface area contributed by atoms with Gasteiger partial charge in [0.05, 0.1) is 7.11 Å². The standard InChI is InChI=1S/C29H42N4O5.C28H40N4O5/c1-28(2,3)23(26(36)33-16-18-20(29(18,4)5)22(33)27(37)38-6)32-25(35)21(17-12-8-7-9-13-17)31-24(34)19-14-10-11-15-30-19;1-27(2,3)22(25(35)32-15-17-19(28(17,4)5)21(32)26(36)37)31-24(34)20(16-11-7-6-8-12-16)30-23(33)18-13-9-10-14-29-18/h10-11,14-15,17-18,20-23H,7-9,12-13,16H2,1-6H3,(H,31,34)(H,32,35);9-10,13-14,16-17,19-22H,6-8,11-12,15H2,1-5H3,(H,30,33)(H,31,34)(H,36,37)/t18-,20-,21-,22-,23+;17-,19-,20-,21-,22+/m00/s1. The Morgan fingerprint density at radius 2 is 0.960 bits per heavy atom. The van der Waals surface area contributed by atoms with Gasteiger partial charge < -0.3 is 40.9 Å². The Hall–Kier alpha value is -5.94. The van der Waals surface area contributed by atoms with Gasteiger partial charge in [0.15, 0.2) is 0 Å². The summed E-state index contributed by atoms with van der Waals surface area (Å²) in [6.07, 6.45) is 12.4. The zero-order chi connectivity index (χ0) is 54.9. The van der Waals surface area contributed by atoms with E-state index in [1.807, 2.05) is 55.4 Å². The van der Waals surface area contributed by atoms with Crippen molar-refractivity contribution in [2.45, 2.75) is 170 Å². The van der Waals surface area contributed by atoms with Gasteiger partial charge in [0.25, 0.3) is 11.8 Å². The fraction of sp³-hybridized carbons (Fsp3) is 0.684. The molecule has 6 amide bonds. The van der Waals surface area contributed by atoms with Crippen molar-refractivity contribution >= 4 is 47.4 Å². The maximum absolute atomic E-state index is 14.0. The fourth-order valence-corrected chi connectivity index (χ4v) is 12.9. The molecule has 75 heavy (non-hydrogen) atoms. The average Bonchev–Trinajstić information content (AvgIpc) is 3.82. The molecule has 2 aromatic heterocycles. The molecule has 8 rings (SSSR count). The highest BCUT2D eigenvalue weighted by Crippen LogP contribution is 2.66. The molecule has 0 radical (unpaired) electrons. The smallest absolute Gasteiger partial charge is 0.328 e. The van der Waals surface area contributed by atoms with Crippen LogP contribution in [0.4, 0.5) is 0 Å². The molecule has 18 nitrogen and oxygen atoms in total. The summed E-state index contributed by atoms with van der Waals surface area (Å²) in [5, 5.41) is 21.7. The van der Waals surface area contributed by atoms with Crippen LogP contribution in [0.5, 0.6) is 0 Å². The van der Waals surface area contributed by atoms with Crippen molar-refractivity contribution in [1.29, 1.82) is 0 Å². The molecule has 410 valence electrons. The minimum Gasteiger partial charge on any atom is -0.480 e. The lowest BCUT2D eigenvalue weighted by atomic mass is 9.82. The van der Waals surface area contributed by atoms with Gasteiger partial charge in [-0.05, 0) is 95.3 Å². The summed E-state index contributed by atoms with van der Waals surface area (Å²) in [6.45, 7) is 20.4. The van der Waals surface area contributed by atoms with Crippen molar-refractivity contribution in [3.63, 3.8) is 0 Å². The van der Waals surface area contributed by atoms with E-state index in [1.165, 1.54) is 18.2 Å². The number of aliphatic carboxylic acids is 1. The number of methoxy groups -OCH3 is 1. The lowest BCUT2D eigenvalue weighted by Gasteiger charge is -2.38. The highest BCUT2D eigenvalue weighted by molar-refractivity contribution is 5.99. The number of fused-ring (bicyclic) bond motifs is 2. The van der Waals surface area contributed by atoms with Crippen LogP contribution in [0.25, 0.3) is 0 Å². The number of nitrogens with one attached hydrogen (secondary N) is 4. The zero-order valence-electron chi connectivity index (χ0n) is 45.9. The molecule has 0 bridgehead atoms. The normalized spacial score (nSPS) is 26.3. The molecular formula is C57H82N8O10. The van der Waals surface area contributed by atoms with Crippen LogP contribution in [0, 0.1) is 57.2 Å². The number of carboxylic acids is 1.